The summed E-state index contributed by atoms with van der Waals surface area (Å²) >= 11 is 0. The second-order valence-electron chi connectivity index (χ2n) is 15.3. The summed E-state index contributed by atoms with van der Waals surface area (Å²) < 4.78 is 6.04. The van der Waals surface area contributed by atoms with Crippen LogP contribution in [0.5, 0.6) is 0 Å². The number of hydrogen-bond donors (Lipinski definition) is 2. The van der Waals surface area contributed by atoms with Crippen LogP contribution in [0.2, 0.25) is 0 Å². The maximum Gasteiger partial charge on any atom is 0.322 e. The Morgan fingerprint density at radius 2 is 0.891 bits per heavy atom. The summed E-state index contributed by atoms with van der Waals surface area (Å²) in [4.78, 5) is 35.1. The molecule has 0 aliphatic rings. The number of carboxylic acid groups (broad SMARTS) is 1. The average molecular weight is 768 g/mol. The van der Waals surface area contributed by atoms with E-state index in [-0.39, 0.29) is 24.5 Å². The number of aliphatic carboxylic acids is 1. The summed E-state index contributed by atoms with van der Waals surface area (Å²) in [5.41, 5.74) is 0. The number of rotatable bonds is 41. The number of carbonyl (C=O) groups excluding carboxylic acids is 2. The number of ether oxygens (including phenoxy) is 1. The van der Waals surface area contributed by atoms with Gasteiger partial charge in [-0.25, -0.2) is 0 Å². The molecular formula is C49H85NO5. The van der Waals surface area contributed by atoms with E-state index in [9.17, 15) is 14.4 Å². The molecule has 0 fully saturated rings. The molecule has 1 amide bonds. The van der Waals surface area contributed by atoms with E-state index in [1.54, 1.807) is 0 Å². The lowest BCUT2D eigenvalue weighted by atomic mass is 10.0. The molecule has 0 spiro atoms. The van der Waals surface area contributed by atoms with Gasteiger partial charge in [-0.05, 0) is 83.5 Å². The van der Waals surface area contributed by atoms with Crippen molar-refractivity contribution >= 4 is 17.8 Å². The molecule has 0 aromatic heterocycles. The minimum atomic E-state index is -1.02. The second-order valence-corrected chi connectivity index (χ2v) is 15.3. The van der Waals surface area contributed by atoms with Gasteiger partial charge in [-0.1, -0.05) is 184 Å². The standard InChI is InChI=1S/C49H85NO5/c1-3-5-7-9-11-13-15-17-18-19-20-21-22-23-24-25-27-29-31-36-40-44-49(54)55-46(41-37-33-30-28-26-16-14-12-10-8-6-4-2)42-38-34-32-35-39-43-47(51)50-45-48(52)53/h5,7,11,13,17-18,20-21,23-24,46H,3-4,6,8-10,12,14-16,19,22,25-45H2,1-2H3,(H,50,51)(H,52,53)/b7-5-,13-11-,18-17-,21-20-,24-23-. The molecule has 0 bridgehead atoms. The highest BCUT2D eigenvalue weighted by Gasteiger charge is 2.14. The van der Waals surface area contributed by atoms with Crippen LogP contribution in [0.15, 0.2) is 60.8 Å². The molecule has 0 rings (SSSR count). The Bertz CT molecular complexity index is 1030. The van der Waals surface area contributed by atoms with Gasteiger partial charge in [0, 0.05) is 12.8 Å². The molecule has 55 heavy (non-hydrogen) atoms. The fourth-order valence-corrected chi connectivity index (χ4v) is 6.60. The zero-order valence-electron chi connectivity index (χ0n) is 35.8. The topological polar surface area (TPSA) is 92.7 Å². The van der Waals surface area contributed by atoms with Crippen LogP contribution in [-0.4, -0.2) is 35.6 Å². The van der Waals surface area contributed by atoms with Gasteiger partial charge >= 0.3 is 11.9 Å². The van der Waals surface area contributed by atoms with E-state index in [2.05, 4.69) is 79.9 Å². The molecule has 0 aromatic carbocycles. The Morgan fingerprint density at radius 3 is 1.36 bits per heavy atom. The molecule has 0 saturated carbocycles. The molecule has 0 aliphatic heterocycles. The summed E-state index contributed by atoms with van der Waals surface area (Å²) in [6, 6.07) is 0. The normalized spacial score (nSPS) is 12.6. The van der Waals surface area contributed by atoms with E-state index >= 15 is 0 Å². The van der Waals surface area contributed by atoms with Gasteiger partial charge in [0.1, 0.15) is 12.6 Å². The minimum Gasteiger partial charge on any atom is -0.480 e. The van der Waals surface area contributed by atoms with Gasteiger partial charge in [0.15, 0.2) is 0 Å². The summed E-state index contributed by atoms with van der Waals surface area (Å²) in [6.07, 6.45) is 57.7. The lowest BCUT2D eigenvalue weighted by Crippen LogP contribution is -2.28. The molecule has 316 valence electrons. The quantitative estimate of drug-likeness (QED) is 0.0367. The molecule has 0 aliphatic carbocycles. The van der Waals surface area contributed by atoms with Crippen LogP contribution in [0.1, 0.15) is 219 Å². The third-order valence-electron chi connectivity index (χ3n) is 9.95. The highest BCUT2D eigenvalue weighted by Crippen LogP contribution is 2.19. The van der Waals surface area contributed by atoms with Gasteiger partial charge in [-0.2, -0.15) is 0 Å². The van der Waals surface area contributed by atoms with E-state index < -0.39 is 5.97 Å². The Balaban J connectivity index is 4.17. The Hall–Kier alpha value is -2.89. The van der Waals surface area contributed by atoms with Crippen molar-refractivity contribution in [2.45, 2.75) is 225 Å². The highest BCUT2D eigenvalue weighted by atomic mass is 16.5. The first-order valence-electron chi connectivity index (χ1n) is 22.9. The van der Waals surface area contributed by atoms with Crippen molar-refractivity contribution < 1.29 is 24.2 Å². The molecule has 1 unspecified atom stereocenters. The number of carboxylic acids is 1. The summed E-state index contributed by atoms with van der Waals surface area (Å²) in [5, 5.41) is 11.1. The van der Waals surface area contributed by atoms with Crippen LogP contribution >= 0.6 is 0 Å². The van der Waals surface area contributed by atoms with Crippen molar-refractivity contribution in [3.8, 4) is 0 Å². The zero-order chi connectivity index (χ0) is 40.1. The van der Waals surface area contributed by atoms with Crippen LogP contribution in [-0.2, 0) is 19.1 Å². The SMILES string of the molecule is CC/C=C\C/C=C\C/C=C\C/C=C\C/C=C\CCCCCCCC(=O)OC(CCCCCCCCCCCCCC)CCCCCCCC(=O)NCC(=O)O. The Labute approximate surface area is 339 Å². The molecule has 2 N–H and O–H groups in total. The Morgan fingerprint density at radius 1 is 0.491 bits per heavy atom. The van der Waals surface area contributed by atoms with Gasteiger partial charge in [-0.3, -0.25) is 14.4 Å². The first-order valence-corrected chi connectivity index (χ1v) is 22.9. The fraction of sp³-hybridized carbons (Fsp3) is 0.735. The van der Waals surface area contributed by atoms with Crippen molar-refractivity contribution in [2.24, 2.45) is 0 Å². The molecule has 0 heterocycles. The van der Waals surface area contributed by atoms with Crippen molar-refractivity contribution in [1.29, 1.82) is 0 Å². The largest absolute Gasteiger partial charge is 0.480 e. The third-order valence-corrected chi connectivity index (χ3v) is 9.95. The number of unbranched alkanes of at least 4 members (excludes halogenated alkanes) is 20. The maximum atomic E-state index is 12.8. The number of esters is 1. The first-order chi connectivity index (χ1) is 27.0. The summed E-state index contributed by atoms with van der Waals surface area (Å²) in [5.74, 6) is -1.25. The molecular weight excluding hydrogens is 683 g/mol. The average Bonchev–Trinajstić information content (AvgIpc) is 3.17. The number of nitrogens with one attached hydrogen (secondary N) is 1. The third kappa shape index (κ3) is 43.7. The van der Waals surface area contributed by atoms with Gasteiger partial charge in [-0.15, -0.1) is 0 Å². The van der Waals surface area contributed by atoms with Crippen LogP contribution in [0.25, 0.3) is 0 Å². The lowest BCUT2D eigenvalue weighted by molar-refractivity contribution is -0.150. The molecule has 0 aromatic rings. The minimum absolute atomic E-state index is 0.0147. The molecule has 6 nitrogen and oxygen atoms in total. The first kappa shape index (κ1) is 52.1. The van der Waals surface area contributed by atoms with Gasteiger partial charge in [0.25, 0.3) is 0 Å². The number of allylic oxidation sites excluding steroid dienone is 10. The van der Waals surface area contributed by atoms with Crippen LogP contribution in [0.4, 0.5) is 0 Å². The van der Waals surface area contributed by atoms with Crippen molar-refractivity contribution in [2.75, 3.05) is 6.54 Å². The monoisotopic (exact) mass is 768 g/mol. The number of amides is 1. The molecule has 0 saturated heterocycles. The smallest absolute Gasteiger partial charge is 0.322 e. The summed E-state index contributed by atoms with van der Waals surface area (Å²) in [6.45, 7) is 4.12. The summed E-state index contributed by atoms with van der Waals surface area (Å²) in [7, 11) is 0. The lowest BCUT2D eigenvalue weighted by Gasteiger charge is -2.18. The fourth-order valence-electron chi connectivity index (χ4n) is 6.60. The van der Waals surface area contributed by atoms with E-state index in [0.717, 1.165) is 103 Å². The van der Waals surface area contributed by atoms with E-state index in [1.165, 1.54) is 89.9 Å². The van der Waals surface area contributed by atoms with E-state index in [0.29, 0.717) is 12.8 Å². The van der Waals surface area contributed by atoms with Crippen molar-refractivity contribution in [3.05, 3.63) is 60.8 Å². The second kappa shape index (κ2) is 43.8. The molecule has 0 radical (unpaired) electrons. The predicted molar refractivity (Wildman–Crippen MR) is 235 cm³/mol. The van der Waals surface area contributed by atoms with Gasteiger partial charge in [0.05, 0.1) is 0 Å². The van der Waals surface area contributed by atoms with Gasteiger partial charge in [0.2, 0.25) is 5.91 Å². The van der Waals surface area contributed by atoms with Crippen LogP contribution < -0.4 is 5.32 Å². The maximum absolute atomic E-state index is 12.8. The highest BCUT2D eigenvalue weighted by molar-refractivity contribution is 5.80. The van der Waals surface area contributed by atoms with E-state index in [1.807, 2.05) is 0 Å². The zero-order valence-corrected chi connectivity index (χ0v) is 35.8. The van der Waals surface area contributed by atoms with Crippen molar-refractivity contribution in [1.82, 2.24) is 5.32 Å². The molecule has 6 heteroatoms. The number of carbonyl (C=O) groups is 3. The van der Waals surface area contributed by atoms with E-state index in [4.69, 9.17) is 9.84 Å². The van der Waals surface area contributed by atoms with Crippen LogP contribution in [0, 0.1) is 0 Å². The van der Waals surface area contributed by atoms with Gasteiger partial charge < -0.3 is 15.2 Å². The Kier molecular flexibility index (Phi) is 41.5. The van der Waals surface area contributed by atoms with Crippen LogP contribution in [0.3, 0.4) is 0 Å². The van der Waals surface area contributed by atoms with Crippen molar-refractivity contribution in [3.63, 3.8) is 0 Å². The predicted octanol–water partition coefficient (Wildman–Crippen LogP) is 14.4. The molecule has 1 atom stereocenters. The number of hydrogen-bond acceptors (Lipinski definition) is 4.